The highest BCUT2D eigenvalue weighted by atomic mass is 19.4. The monoisotopic (exact) mass is 647 g/mol. The molecule has 2 aromatic carbocycles. The molecule has 1 aliphatic heterocycles. The van der Waals surface area contributed by atoms with Gasteiger partial charge in [0.2, 0.25) is 5.43 Å². The van der Waals surface area contributed by atoms with Gasteiger partial charge in [0.1, 0.15) is 23.5 Å². The zero-order valence-electron chi connectivity index (χ0n) is 23.9. The van der Waals surface area contributed by atoms with Crippen molar-refractivity contribution in [3.8, 4) is 11.5 Å². The van der Waals surface area contributed by atoms with Gasteiger partial charge in [-0.05, 0) is 55.0 Å². The number of carboxylic acids is 1. The van der Waals surface area contributed by atoms with Crippen LogP contribution >= 0.6 is 0 Å². The molecule has 4 rings (SSSR count). The number of piperidine rings is 1. The molecule has 16 heteroatoms. The fourth-order valence-electron chi connectivity index (χ4n) is 5.47. The van der Waals surface area contributed by atoms with Gasteiger partial charge in [-0.1, -0.05) is 6.07 Å². The lowest BCUT2D eigenvalue weighted by Gasteiger charge is -2.35. The van der Waals surface area contributed by atoms with Crippen LogP contribution in [0, 0.1) is 18.7 Å². The minimum absolute atomic E-state index is 0.0812. The van der Waals surface area contributed by atoms with Crippen molar-refractivity contribution in [3.63, 3.8) is 0 Å². The van der Waals surface area contributed by atoms with Crippen LogP contribution < -0.4 is 25.1 Å². The predicted octanol–water partition coefficient (Wildman–Crippen LogP) is 5.54. The lowest BCUT2D eigenvalue weighted by Crippen LogP contribution is -2.37. The quantitative estimate of drug-likeness (QED) is 0.294. The van der Waals surface area contributed by atoms with Gasteiger partial charge < -0.3 is 29.4 Å². The number of ether oxygens (including phenoxy) is 2. The fraction of sp³-hybridized carbons (Fsp3) is 0.414. The highest BCUT2D eigenvalue weighted by Crippen LogP contribution is 2.40. The molecule has 1 amide bonds. The molecule has 2 heterocycles. The van der Waals surface area contributed by atoms with Crippen LogP contribution in [0.3, 0.4) is 0 Å². The van der Waals surface area contributed by atoms with E-state index in [1.165, 1.54) is 17.9 Å². The first kappa shape index (κ1) is 33.4. The summed E-state index contributed by atoms with van der Waals surface area (Å²) in [5.74, 6) is -4.43. The summed E-state index contributed by atoms with van der Waals surface area (Å²) >= 11 is 0. The Bertz CT molecular complexity index is 1670. The number of carbonyl (C=O) groups excluding carboxylic acids is 1. The predicted molar refractivity (Wildman–Crippen MR) is 147 cm³/mol. The standard InChI is InChI=1S/C29H28F7N3O6/c1-15-8-18(45-29(34,35)36)6-5-17(15)11-37-27(43)20-13-39(14-28(31,32)33)23-19(25(20)42)10-21(30)24(26(23)44-2)38-7-3-4-16(12-38)9-22(40)41/h5-6,8,10,13,16H,3-4,7,9,11-12,14H2,1-2H3,(H,37,43)(H,40,41). The largest absolute Gasteiger partial charge is 0.573 e. The van der Waals surface area contributed by atoms with E-state index in [0.29, 0.717) is 29.2 Å². The third-order valence-electron chi connectivity index (χ3n) is 7.33. The van der Waals surface area contributed by atoms with Crippen molar-refractivity contribution < 1.29 is 54.9 Å². The number of hydrogen-bond donors (Lipinski definition) is 2. The molecule has 1 unspecified atom stereocenters. The van der Waals surface area contributed by atoms with Crippen molar-refractivity contribution in [2.45, 2.75) is 51.8 Å². The van der Waals surface area contributed by atoms with Crippen molar-refractivity contribution in [2.24, 2.45) is 5.92 Å². The number of fused-ring (bicyclic) bond motifs is 1. The maximum atomic E-state index is 15.7. The van der Waals surface area contributed by atoms with E-state index in [2.05, 4.69) is 10.1 Å². The molecule has 0 spiro atoms. The summed E-state index contributed by atoms with van der Waals surface area (Å²) < 4.78 is 104. The van der Waals surface area contributed by atoms with Crippen LogP contribution in [0.25, 0.3) is 10.9 Å². The number of pyridine rings is 1. The molecule has 244 valence electrons. The van der Waals surface area contributed by atoms with E-state index in [9.17, 15) is 45.8 Å². The molecular formula is C29H28F7N3O6. The Hall–Kier alpha value is -4.50. The summed E-state index contributed by atoms with van der Waals surface area (Å²) in [4.78, 5) is 39.2. The average molecular weight is 648 g/mol. The van der Waals surface area contributed by atoms with Crippen molar-refractivity contribution in [1.82, 2.24) is 9.88 Å². The molecule has 0 saturated carbocycles. The molecule has 45 heavy (non-hydrogen) atoms. The smallest absolute Gasteiger partial charge is 0.492 e. The molecule has 1 atom stereocenters. The van der Waals surface area contributed by atoms with Crippen molar-refractivity contribution in [1.29, 1.82) is 0 Å². The van der Waals surface area contributed by atoms with E-state index in [4.69, 9.17) is 4.74 Å². The van der Waals surface area contributed by atoms with Crippen molar-refractivity contribution in [3.05, 3.63) is 63.2 Å². The zero-order chi connectivity index (χ0) is 33.3. The van der Waals surface area contributed by atoms with E-state index in [1.54, 1.807) is 0 Å². The Morgan fingerprint density at radius 3 is 2.44 bits per heavy atom. The highest BCUT2D eigenvalue weighted by Gasteiger charge is 2.34. The lowest BCUT2D eigenvalue weighted by atomic mass is 9.94. The van der Waals surface area contributed by atoms with E-state index < -0.39 is 64.4 Å². The number of amides is 1. The summed E-state index contributed by atoms with van der Waals surface area (Å²) in [7, 11) is 1.09. The molecule has 0 bridgehead atoms. The number of benzene rings is 2. The van der Waals surface area contributed by atoms with Crippen LogP contribution in [-0.2, 0) is 17.9 Å². The van der Waals surface area contributed by atoms with Crippen LogP contribution in [0.1, 0.15) is 40.7 Å². The van der Waals surface area contributed by atoms with E-state index in [-0.39, 0.29) is 49.0 Å². The molecular weight excluding hydrogens is 619 g/mol. The molecule has 2 N–H and O–H groups in total. The summed E-state index contributed by atoms with van der Waals surface area (Å²) in [6.07, 6.45) is -8.25. The number of nitrogens with one attached hydrogen (secondary N) is 1. The Balaban J connectivity index is 1.74. The van der Waals surface area contributed by atoms with Crippen LogP contribution in [0.5, 0.6) is 11.5 Å². The van der Waals surface area contributed by atoms with Gasteiger partial charge in [0, 0.05) is 32.3 Å². The van der Waals surface area contributed by atoms with E-state index >= 15 is 4.39 Å². The van der Waals surface area contributed by atoms with Gasteiger partial charge in [-0.3, -0.25) is 14.4 Å². The molecule has 0 aliphatic carbocycles. The average Bonchev–Trinajstić information content (AvgIpc) is 2.91. The zero-order valence-corrected chi connectivity index (χ0v) is 23.9. The normalized spacial score (nSPS) is 15.7. The Kier molecular flexibility index (Phi) is 9.54. The summed E-state index contributed by atoms with van der Waals surface area (Å²) in [6.45, 7) is -0.209. The summed E-state index contributed by atoms with van der Waals surface area (Å²) in [5.41, 5.74) is -1.86. The van der Waals surface area contributed by atoms with Crippen LogP contribution in [0.4, 0.5) is 36.4 Å². The minimum atomic E-state index is -4.92. The number of hydrogen-bond acceptors (Lipinski definition) is 6. The lowest BCUT2D eigenvalue weighted by molar-refractivity contribution is -0.274. The number of carbonyl (C=O) groups is 2. The number of carboxylic acid groups (broad SMARTS) is 1. The van der Waals surface area contributed by atoms with Gasteiger partial charge in [-0.25, -0.2) is 4.39 Å². The van der Waals surface area contributed by atoms with Crippen LogP contribution in [0.2, 0.25) is 0 Å². The number of aliphatic carboxylic acids is 1. The second kappa shape index (κ2) is 12.9. The van der Waals surface area contributed by atoms with E-state index in [0.717, 1.165) is 25.3 Å². The maximum absolute atomic E-state index is 15.7. The Morgan fingerprint density at radius 2 is 1.84 bits per heavy atom. The molecule has 3 aromatic rings. The number of methoxy groups -OCH3 is 1. The van der Waals surface area contributed by atoms with Gasteiger partial charge in [0.15, 0.2) is 11.6 Å². The maximum Gasteiger partial charge on any atom is 0.573 e. The topological polar surface area (TPSA) is 110 Å². The SMILES string of the molecule is COc1c(N2CCCC(CC(=O)O)C2)c(F)cc2c(=O)c(C(=O)NCc3ccc(OC(F)(F)F)cc3C)cn(CC(F)(F)F)c12. The number of alkyl halides is 6. The summed E-state index contributed by atoms with van der Waals surface area (Å²) in [5, 5.41) is 11.0. The van der Waals surface area contributed by atoms with Gasteiger partial charge in [0.05, 0.1) is 18.0 Å². The number of aryl methyl sites for hydroxylation is 1. The number of halogens is 7. The second-order valence-corrected chi connectivity index (χ2v) is 10.6. The number of anilines is 1. The molecule has 0 radical (unpaired) electrons. The number of nitrogens with zero attached hydrogens (tertiary/aromatic N) is 2. The first-order chi connectivity index (χ1) is 21.0. The molecule has 1 aromatic heterocycles. The van der Waals surface area contributed by atoms with E-state index in [1.807, 2.05) is 0 Å². The van der Waals surface area contributed by atoms with Gasteiger partial charge in [0.25, 0.3) is 5.91 Å². The van der Waals surface area contributed by atoms with Gasteiger partial charge in [-0.15, -0.1) is 13.2 Å². The van der Waals surface area contributed by atoms with Crippen molar-refractivity contribution >= 4 is 28.5 Å². The molecule has 1 saturated heterocycles. The van der Waals surface area contributed by atoms with Crippen LogP contribution in [0.15, 0.2) is 35.3 Å². The first-order valence-corrected chi connectivity index (χ1v) is 13.6. The minimum Gasteiger partial charge on any atom is -0.492 e. The second-order valence-electron chi connectivity index (χ2n) is 10.6. The number of rotatable bonds is 9. The molecule has 9 nitrogen and oxygen atoms in total. The third-order valence-corrected chi connectivity index (χ3v) is 7.33. The number of aromatic nitrogens is 1. The summed E-state index contributed by atoms with van der Waals surface area (Å²) in [6, 6.07) is 4.04. The van der Waals surface area contributed by atoms with Gasteiger partial charge in [-0.2, -0.15) is 13.2 Å². The third kappa shape index (κ3) is 7.97. The Morgan fingerprint density at radius 1 is 1.13 bits per heavy atom. The Labute approximate surface area is 251 Å². The van der Waals surface area contributed by atoms with Crippen LogP contribution in [-0.4, -0.2) is 54.3 Å². The van der Waals surface area contributed by atoms with Crippen molar-refractivity contribution in [2.75, 3.05) is 25.1 Å². The highest BCUT2D eigenvalue weighted by molar-refractivity contribution is 5.99. The molecule has 1 aliphatic rings. The molecule has 1 fully saturated rings. The van der Waals surface area contributed by atoms with Gasteiger partial charge >= 0.3 is 18.5 Å². The first-order valence-electron chi connectivity index (χ1n) is 13.6. The fourth-order valence-corrected chi connectivity index (χ4v) is 5.47.